The number of nitriles is 1. The standard InChI is InChI=1S/C23H23N5O3S/c1-17-15-18(2)28(25-17)21-9-7-19(8-10-21)23(29)26-11-13-27(14-12-26)32(30,31)22-6-4-3-5-20(22)16-24/h3-10,15H,11-14H2,1-2H3. The minimum Gasteiger partial charge on any atom is -0.336 e. The molecule has 0 bridgehead atoms. The number of benzene rings is 2. The fraction of sp³-hybridized carbons (Fsp3) is 0.261. The summed E-state index contributed by atoms with van der Waals surface area (Å²) in [6, 6.07) is 17.3. The van der Waals surface area contributed by atoms with Gasteiger partial charge in [-0.1, -0.05) is 12.1 Å². The van der Waals surface area contributed by atoms with Crippen LogP contribution in [-0.4, -0.2) is 59.5 Å². The van der Waals surface area contributed by atoms with Gasteiger partial charge in [-0.3, -0.25) is 4.79 Å². The summed E-state index contributed by atoms with van der Waals surface area (Å²) in [7, 11) is -3.79. The van der Waals surface area contributed by atoms with Gasteiger partial charge in [0.2, 0.25) is 10.0 Å². The lowest BCUT2D eigenvalue weighted by atomic mass is 10.1. The third kappa shape index (κ3) is 4.02. The fourth-order valence-electron chi connectivity index (χ4n) is 3.87. The van der Waals surface area contributed by atoms with Gasteiger partial charge in [-0.05, 0) is 56.3 Å². The number of carbonyl (C=O) groups is 1. The Balaban J connectivity index is 1.45. The highest BCUT2D eigenvalue weighted by Gasteiger charge is 2.31. The molecule has 1 aromatic heterocycles. The lowest BCUT2D eigenvalue weighted by Gasteiger charge is -2.34. The monoisotopic (exact) mass is 449 g/mol. The average Bonchev–Trinajstić information content (AvgIpc) is 3.16. The maximum absolute atomic E-state index is 13.0. The molecule has 32 heavy (non-hydrogen) atoms. The summed E-state index contributed by atoms with van der Waals surface area (Å²) >= 11 is 0. The third-order valence-corrected chi connectivity index (χ3v) is 7.48. The Morgan fingerprint density at radius 1 is 1.00 bits per heavy atom. The van der Waals surface area contributed by atoms with Crippen LogP contribution in [0, 0.1) is 25.2 Å². The molecule has 0 atom stereocenters. The van der Waals surface area contributed by atoms with Crippen molar-refractivity contribution in [3.05, 3.63) is 77.1 Å². The fourth-order valence-corrected chi connectivity index (χ4v) is 5.44. The van der Waals surface area contributed by atoms with Crippen LogP contribution in [0.3, 0.4) is 0 Å². The Morgan fingerprint density at radius 3 is 2.25 bits per heavy atom. The number of hydrogen-bond acceptors (Lipinski definition) is 5. The molecule has 3 aromatic rings. The summed E-state index contributed by atoms with van der Waals surface area (Å²) in [6.07, 6.45) is 0. The molecule has 1 saturated heterocycles. The normalized spacial score (nSPS) is 14.8. The molecule has 0 aliphatic carbocycles. The number of amides is 1. The van der Waals surface area contributed by atoms with E-state index in [1.165, 1.54) is 16.4 Å². The van der Waals surface area contributed by atoms with Crippen LogP contribution >= 0.6 is 0 Å². The molecular formula is C23H23N5O3S. The summed E-state index contributed by atoms with van der Waals surface area (Å²) in [6.45, 7) is 4.83. The van der Waals surface area contributed by atoms with E-state index in [0.29, 0.717) is 5.56 Å². The number of nitrogens with zero attached hydrogens (tertiary/aromatic N) is 5. The number of piperazine rings is 1. The van der Waals surface area contributed by atoms with Crippen molar-refractivity contribution in [1.82, 2.24) is 19.0 Å². The molecule has 1 fully saturated rings. The summed E-state index contributed by atoms with van der Waals surface area (Å²) in [5, 5.41) is 13.7. The van der Waals surface area contributed by atoms with Gasteiger partial charge in [0, 0.05) is 37.4 Å². The van der Waals surface area contributed by atoms with E-state index in [1.807, 2.05) is 42.8 Å². The van der Waals surface area contributed by atoms with Gasteiger partial charge in [-0.15, -0.1) is 0 Å². The van der Waals surface area contributed by atoms with E-state index in [0.717, 1.165) is 17.1 Å². The molecule has 1 aliphatic heterocycles. The molecule has 0 unspecified atom stereocenters. The molecule has 8 nitrogen and oxygen atoms in total. The van der Waals surface area contributed by atoms with Crippen molar-refractivity contribution in [2.24, 2.45) is 0 Å². The Kier molecular flexibility index (Phi) is 5.82. The van der Waals surface area contributed by atoms with Gasteiger partial charge in [0.25, 0.3) is 5.91 Å². The van der Waals surface area contributed by atoms with E-state index in [4.69, 9.17) is 0 Å². The SMILES string of the molecule is Cc1cc(C)n(-c2ccc(C(=O)N3CCN(S(=O)(=O)c4ccccc4C#N)CC3)cc2)n1. The molecule has 0 radical (unpaired) electrons. The first kappa shape index (κ1) is 21.7. The van der Waals surface area contributed by atoms with Crippen molar-refractivity contribution in [2.75, 3.05) is 26.2 Å². The zero-order valence-corrected chi connectivity index (χ0v) is 18.7. The lowest BCUT2D eigenvalue weighted by Crippen LogP contribution is -2.50. The summed E-state index contributed by atoms with van der Waals surface area (Å²) < 4.78 is 29.1. The van der Waals surface area contributed by atoms with Gasteiger partial charge in [-0.2, -0.15) is 14.7 Å². The molecule has 1 aliphatic rings. The van der Waals surface area contributed by atoms with Gasteiger partial charge in [0.1, 0.15) is 6.07 Å². The van der Waals surface area contributed by atoms with Crippen molar-refractivity contribution < 1.29 is 13.2 Å². The Labute approximate surface area is 187 Å². The molecule has 2 heterocycles. The number of hydrogen-bond donors (Lipinski definition) is 0. The van der Waals surface area contributed by atoms with Crippen LogP contribution in [0.1, 0.15) is 27.3 Å². The van der Waals surface area contributed by atoms with Crippen LogP contribution in [0.5, 0.6) is 0 Å². The van der Waals surface area contributed by atoms with Crippen molar-refractivity contribution in [2.45, 2.75) is 18.7 Å². The van der Waals surface area contributed by atoms with Crippen LogP contribution in [0.15, 0.2) is 59.5 Å². The maximum atomic E-state index is 13.0. The van der Waals surface area contributed by atoms with Crippen molar-refractivity contribution in [3.8, 4) is 11.8 Å². The quantitative estimate of drug-likeness (QED) is 0.609. The van der Waals surface area contributed by atoms with E-state index < -0.39 is 10.0 Å². The Bertz CT molecular complexity index is 1300. The second kappa shape index (κ2) is 8.57. The van der Waals surface area contributed by atoms with Gasteiger partial charge in [0.15, 0.2) is 0 Å². The zero-order valence-electron chi connectivity index (χ0n) is 17.9. The highest BCUT2D eigenvalue weighted by molar-refractivity contribution is 7.89. The van der Waals surface area contributed by atoms with Crippen molar-refractivity contribution in [3.63, 3.8) is 0 Å². The lowest BCUT2D eigenvalue weighted by molar-refractivity contribution is 0.0698. The Hall–Kier alpha value is -3.48. The van der Waals surface area contributed by atoms with Crippen LogP contribution < -0.4 is 0 Å². The van der Waals surface area contributed by atoms with E-state index in [2.05, 4.69) is 5.10 Å². The number of carbonyl (C=O) groups excluding carboxylic acids is 1. The molecule has 0 saturated carbocycles. The second-order valence-corrected chi connectivity index (χ2v) is 9.60. The van der Waals surface area contributed by atoms with Gasteiger partial charge < -0.3 is 4.90 Å². The molecule has 4 rings (SSSR count). The topological polar surface area (TPSA) is 99.3 Å². The highest BCUT2D eigenvalue weighted by atomic mass is 32.2. The smallest absolute Gasteiger partial charge is 0.253 e. The first-order chi connectivity index (χ1) is 15.3. The molecule has 0 spiro atoms. The minimum atomic E-state index is -3.79. The summed E-state index contributed by atoms with van der Waals surface area (Å²) in [4.78, 5) is 14.6. The molecular weight excluding hydrogens is 426 g/mol. The van der Waals surface area contributed by atoms with E-state index in [9.17, 15) is 18.5 Å². The molecule has 1 amide bonds. The minimum absolute atomic E-state index is 0.00187. The van der Waals surface area contributed by atoms with Crippen molar-refractivity contribution in [1.29, 1.82) is 5.26 Å². The van der Waals surface area contributed by atoms with E-state index in [-0.39, 0.29) is 42.5 Å². The average molecular weight is 450 g/mol. The Morgan fingerprint density at radius 2 is 1.66 bits per heavy atom. The van der Waals surface area contributed by atoms with E-state index >= 15 is 0 Å². The zero-order chi connectivity index (χ0) is 22.9. The van der Waals surface area contributed by atoms with Gasteiger partial charge in [0.05, 0.1) is 21.8 Å². The first-order valence-corrected chi connectivity index (χ1v) is 11.7. The number of rotatable bonds is 4. The molecule has 164 valence electrons. The van der Waals surface area contributed by atoms with E-state index in [1.54, 1.807) is 29.2 Å². The number of aryl methyl sites for hydroxylation is 2. The summed E-state index contributed by atoms with van der Waals surface area (Å²) in [5.41, 5.74) is 3.47. The number of sulfonamides is 1. The maximum Gasteiger partial charge on any atom is 0.253 e. The molecule has 2 aromatic carbocycles. The van der Waals surface area contributed by atoms with Gasteiger partial charge in [-0.25, -0.2) is 13.1 Å². The predicted octanol–water partition coefficient (Wildman–Crippen LogP) is 2.51. The van der Waals surface area contributed by atoms with Crippen molar-refractivity contribution >= 4 is 15.9 Å². The number of aromatic nitrogens is 2. The second-order valence-electron chi connectivity index (χ2n) is 7.69. The third-order valence-electron chi connectivity index (χ3n) is 5.52. The molecule has 9 heteroatoms. The first-order valence-electron chi connectivity index (χ1n) is 10.2. The van der Waals surface area contributed by atoms with Crippen LogP contribution in [0.25, 0.3) is 5.69 Å². The largest absolute Gasteiger partial charge is 0.336 e. The predicted molar refractivity (Wildman–Crippen MR) is 119 cm³/mol. The van der Waals surface area contributed by atoms with Gasteiger partial charge >= 0.3 is 0 Å². The highest BCUT2D eigenvalue weighted by Crippen LogP contribution is 2.22. The molecule has 0 N–H and O–H groups in total. The summed E-state index contributed by atoms with van der Waals surface area (Å²) in [5.74, 6) is -0.139. The van der Waals surface area contributed by atoms with Crippen LogP contribution in [0.2, 0.25) is 0 Å². The van der Waals surface area contributed by atoms with Crippen LogP contribution in [-0.2, 0) is 10.0 Å². The van der Waals surface area contributed by atoms with Crippen LogP contribution in [0.4, 0.5) is 0 Å².